The molecule has 0 unspecified atom stereocenters. The van der Waals surface area contributed by atoms with E-state index in [1.807, 2.05) is 0 Å². The van der Waals surface area contributed by atoms with Gasteiger partial charge in [-0.05, 0) is 38.1 Å². The fourth-order valence-electron chi connectivity index (χ4n) is 2.99. The van der Waals surface area contributed by atoms with E-state index in [0.717, 1.165) is 43.0 Å². The predicted octanol–water partition coefficient (Wildman–Crippen LogP) is 1.98. The van der Waals surface area contributed by atoms with Crippen molar-refractivity contribution in [1.82, 2.24) is 4.90 Å². The van der Waals surface area contributed by atoms with Crippen LogP contribution in [0.2, 0.25) is 0 Å². The summed E-state index contributed by atoms with van der Waals surface area (Å²) in [5.74, 6) is -3.37. The first-order valence-corrected chi connectivity index (χ1v) is 7.16. The summed E-state index contributed by atoms with van der Waals surface area (Å²) in [6.07, 6.45) is 3.40. The molecule has 6 heteroatoms. The Balaban J connectivity index is 1.82. The number of Topliss-reactive ketones (excluding diaryl/α,β-unsaturated/α-hetero) is 1. The molecule has 21 heavy (non-hydrogen) atoms. The molecule has 4 nitrogen and oxygen atoms in total. The van der Waals surface area contributed by atoms with E-state index in [2.05, 4.69) is 4.90 Å². The zero-order valence-electron chi connectivity index (χ0n) is 11.6. The molecule has 0 aromatic heterocycles. The van der Waals surface area contributed by atoms with Gasteiger partial charge < -0.3 is 9.80 Å². The molecule has 1 aromatic rings. The van der Waals surface area contributed by atoms with Gasteiger partial charge in [-0.1, -0.05) is 6.42 Å². The highest BCUT2D eigenvalue weighted by molar-refractivity contribution is 6.52. The maximum absolute atomic E-state index is 13.9. The largest absolute Gasteiger partial charge is 0.302 e. The maximum Gasteiger partial charge on any atom is 0.299 e. The molecule has 112 valence electrons. The van der Waals surface area contributed by atoms with Gasteiger partial charge in [0.25, 0.3) is 11.7 Å². The van der Waals surface area contributed by atoms with Crippen LogP contribution in [0.4, 0.5) is 14.5 Å². The molecule has 2 aliphatic rings. The van der Waals surface area contributed by atoms with Gasteiger partial charge in [-0.2, -0.15) is 0 Å². The van der Waals surface area contributed by atoms with Crippen molar-refractivity contribution in [2.24, 2.45) is 0 Å². The number of fused-ring (bicyclic) bond motifs is 1. The number of hydrogen-bond acceptors (Lipinski definition) is 3. The summed E-state index contributed by atoms with van der Waals surface area (Å²) in [7, 11) is 0. The summed E-state index contributed by atoms with van der Waals surface area (Å²) >= 11 is 0. The lowest BCUT2D eigenvalue weighted by molar-refractivity contribution is -0.114. The number of hydrogen-bond donors (Lipinski definition) is 0. The number of likely N-dealkylation sites (tertiary alicyclic amines) is 1. The number of benzene rings is 1. The number of piperidine rings is 1. The summed E-state index contributed by atoms with van der Waals surface area (Å²) in [6.45, 7) is 2.65. The topological polar surface area (TPSA) is 40.6 Å². The van der Waals surface area contributed by atoms with Crippen LogP contribution in [0.1, 0.15) is 29.6 Å². The molecule has 1 saturated heterocycles. The summed E-state index contributed by atoms with van der Waals surface area (Å²) in [6, 6.07) is 1.83. The summed E-state index contributed by atoms with van der Waals surface area (Å²) in [4.78, 5) is 27.0. The predicted molar refractivity (Wildman–Crippen MR) is 73.3 cm³/mol. The van der Waals surface area contributed by atoms with Crippen LogP contribution in [0.25, 0.3) is 0 Å². The third-order valence-corrected chi connectivity index (χ3v) is 4.10. The van der Waals surface area contributed by atoms with E-state index < -0.39 is 28.9 Å². The lowest BCUT2D eigenvalue weighted by Crippen LogP contribution is -2.40. The molecule has 2 heterocycles. The highest BCUT2D eigenvalue weighted by Gasteiger charge is 2.40. The number of anilines is 1. The molecule has 3 rings (SSSR count). The molecule has 1 amide bonds. The number of amides is 1. The first-order valence-electron chi connectivity index (χ1n) is 7.16. The van der Waals surface area contributed by atoms with Gasteiger partial charge in [0.05, 0.1) is 11.3 Å². The van der Waals surface area contributed by atoms with Crippen LogP contribution in [0.3, 0.4) is 0 Å². The van der Waals surface area contributed by atoms with Crippen LogP contribution in [-0.2, 0) is 4.79 Å². The Kier molecular flexibility index (Phi) is 3.71. The van der Waals surface area contributed by atoms with Crippen LogP contribution in [0.5, 0.6) is 0 Å². The Labute approximate surface area is 121 Å². The first-order chi connectivity index (χ1) is 10.1. The lowest BCUT2D eigenvalue weighted by atomic mass is 10.1. The van der Waals surface area contributed by atoms with Gasteiger partial charge >= 0.3 is 0 Å². The second kappa shape index (κ2) is 5.52. The number of rotatable bonds is 3. The minimum atomic E-state index is -0.958. The fraction of sp³-hybridized carbons (Fsp3) is 0.467. The highest BCUT2D eigenvalue weighted by Crippen LogP contribution is 2.33. The Bertz CT molecular complexity index is 598. The average Bonchev–Trinajstić information content (AvgIpc) is 2.75. The van der Waals surface area contributed by atoms with Gasteiger partial charge in [0, 0.05) is 13.1 Å². The molecule has 0 bridgehead atoms. The van der Waals surface area contributed by atoms with Crippen molar-refractivity contribution in [1.29, 1.82) is 0 Å². The maximum atomic E-state index is 13.9. The number of carbonyl (C=O) groups excluding carboxylic acids is 2. The van der Waals surface area contributed by atoms with Gasteiger partial charge in [-0.3, -0.25) is 9.59 Å². The van der Waals surface area contributed by atoms with E-state index >= 15 is 0 Å². The molecule has 0 N–H and O–H groups in total. The Morgan fingerprint density at radius 1 is 0.952 bits per heavy atom. The zero-order chi connectivity index (χ0) is 15.0. The van der Waals surface area contributed by atoms with Crippen LogP contribution < -0.4 is 4.90 Å². The molecule has 0 spiro atoms. The van der Waals surface area contributed by atoms with Crippen LogP contribution in [0, 0.1) is 11.6 Å². The van der Waals surface area contributed by atoms with E-state index in [0.29, 0.717) is 6.54 Å². The van der Waals surface area contributed by atoms with Crippen molar-refractivity contribution in [3.8, 4) is 0 Å². The number of ketones is 1. The summed E-state index contributed by atoms with van der Waals surface area (Å²) in [5, 5.41) is 0. The summed E-state index contributed by atoms with van der Waals surface area (Å²) < 4.78 is 27.6. The Morgan fingerprint density at radius 2 is 1.62 bits per heavy atom. The van der Waals surface area contributed by atoms with Gasteiger partial charge in [0.1, 0.15) is 11.6 Å². The van der Waals surface area contributed by atoms with E-state index in [1.165, 1.54) is 6.42 Å². The number of nitrogens with zero attached hydrogens (tertiary/aromatic N) is 2. The van der Waals surface area contributed by atoms with Gasteiger partial charge in [-0.15, -0.1) is 0 Å². The van der Waals surface area contributed by atoms with E-state index in [4.69, 9.17) is 0 Å². The third-order valence-electron chi connectivity index (χ3n) is 4.10. The van der Waals surface area contributed by atoms with Crippen molar-refractivity contribution in [2.45, 2.75) is 19.3 Å². The number of halogens is 2. The average molecular weight is 294 g/mol. The highest BCUT2D eigenvalue weighted by atomic mass is 19.1. The minimum absolute atomic E-state index is 0.206. The second-order valence-electron chi connectivity index (χ2n) is 5.44. The molecule has 1 aromatic carbocycles. The molecule has 2 aliphatic heterocycles. The van der Waals surface area contributed by atoms with Crippen LogP contribution in [0.15, 0.2) is 12.1 Å². The smallest absolute Gasteiger partial charge is 0.299 e. The molecule has 0 aliphatic carbocycles. The van der Waals surface area contributed by atoms with Crippen molar-refractivity contribution < 1.29 is 18.4 Å². The minimum Gasteiger partial charge on any atom is -0.302 e. The molecule has 0 saturated carbocycles. The van der Waals surface area contributed by atoms with E-state index in [-0.39, 0.29) is 12.2 Å². The SMILES string of the molecule is O=C1C(=O)N(CCN2CCCCC2)c2c(F)ccc(F)c21. The van der Waals surface area contributed by atoms with E-state index in [9.17, 15) is 18.4 Å². The normalized spacial score (nSPS) is 19.2. The Morgan fingerprint density at radius 3 is 2.33 bits per heavy atom. The van der Waals surface area contributed by atoms with Crippen LogP contribution >= 0.6 is 0 Å². The third kappa shape index (κ3) is 2.44. The standard InChI is InChI=1S/C15H16F2N2O2/c16-10-4-5-11(17)13-12(10)14(20)15(21)19(13)9-8-18-6-2-1-3-7-18/h4-5H,1-3,6-9H2. The second-order valence-corrected chi connectivity index (χ2v) is 5.44. The van der Waals surface area contributed by atoms with Crippen molar-refractivity contribution in [2.75, 3.05) is 31.1 Å². The van der Waals surface area contributed by atoms with Crippen molar-refractivity contribution in [3.05, 3.63) is 29.3 Å². The van der Waals surface area contributed by atoms with Gasteiger partial charge in [-0.25, -0.2) is 8.78 Å². The molecular weight excluding hydrogens is 278 g/mol. The van der Waals surface area contributed by atoms with Crippen molar-refractivity contribution in [3.63, 3.8) is 0 Å². The molecular formula is C15H16F2N2O2. The fourth-order valence-corrected chi connectivity index (χ4v) is 2.99. The number of carbonyl (C=O) groups is 2. The van der Waals surface area contributed by atoms with Gasteiger partial charge in [0.2, 0.25) is 0 Å². The quantitative estimate of drug-likeness (QED) is 0.800. The molecule has 1 fully saturated rings. The lowest BCUT2D eigenvalue weighted by Gasteiger charge is -2.28. The summed E-state index contributed by atoms with van der Waals surface area (Å²) in [5.41, 5.74) is -0.638. The first kappa shape index (κ1) is 14.1. The van der Waals surface area contributed by atoms with Crippen molar-refractivity contribution >= 4 is 17.4 Å². The van der Waals surface area contributed by atoms with E-state index in [1.54, 1.807) is 0 Å². The zero-order valence-corrected chi connectivity index (χ0v) is 11.6. The van der Waals surface area contributed by atoms with Crippen LogP contribution in [-0.4, -0.2) is 42.8 Å². The van der Waals surface area contributed by atoms with Gasteiger partial charge in [0.15, 0.2) is 0 Å². The monoisotopic (exact) mass is 294 g/mol. The Hall–Kier alpha value is -1.82. The molecule has 0 atom stereocenters. The molecule has 0 radical (unpaired) electrons.